The van der Waals surface area contributed by atoms with Crippen molar-refractivity contribution >= 4 is 47.2 Å². The first-order valence-electron chi connectivity index (χ1n) is 10.3. The van der Waals surface area contributed by atoms with Crippen LogP contribution < -0.4 is 10.6 Å². The highest BCUT2D eigenvalue weighted by molar-refractivity contribution is 14.0. The van der Waals surface area contributed by atoms with Gasteiger partial charge >= 0.3 is 0 Å². The third kappa shape index (κ3) is 5.62. The number of carbonyl (C=O) groups excluding carboxylic acids is 1. The molecule has 1 aromatic rings. The predicted molar refractivity (Wildman–Crippen MR) is 129 cm³/mol. The molecule has 2 aliphatic rings. The van der Waals surface area contributed by atoms with Crippen molar-refractivity contribution in [2.75, 3.05) is 26.7 Å². The molecule has 1 aliphatic carbocycles. The maximum absolute atomic E-state index is 12.2. The number of hydrogen-bond donors (Lipinski definition) is 2. The maximum Gasteiger partial charge on any atom is 0.225 e. The number of rotatable bonds is 5. The van der Waals surface area contributed by atoms with Gasteiger partial charge in [-0.05, 0) is 30.7 Å². The monoisotopic (exact) mass is 518 g/mol. The minimum Gasteiger partial charge on any atom is -0.355 e. The van der Waals surface area contributed by atoms with E-state index in [1.165, 1.54) is 37.0 Å². The fourth-order valence-corrected chi connectivity index (χ4v) is 5.39. The van der Waals surface area contributed by atoms with E-state index >= 15 is 0 Å². The third-order valence-corrected chi connectivity index (χ3v) is 7.12. The van der Waals surface area contributed by atoms with Crippen LogP contribution >= 0.6 is 35.3 Å². The van der Waals surface area contributed by atoms with E-state index in [9.17, 15) is 4.79 Å². The number of hydrogen-bond acceptors (Lipinski definition) is 3. The predicted octanol–water partition coefficient (Wildman–Crippen LogP) is 3.99. The topological polar surface area (TPSA) is 56.7 Å². The van der Waals surface area contributed by atoms with Gasteiger partial charge in [-0.15, -0.1) is 35.3 Å². The lowest BCUT2D eigenvalue weighted by Crippen LogP contribution is -2.49. The van der Waals surface area contributed by atoms with Crippen LogP contribution in [0.2, 0.25) is 0 Å². The summed E-state index contributed by atoms with van der Waals surface area (Å²) in [6, 6.07) is 4.74. The molecular formula is C21H35IN4OS. The lowest BCUT2D eigenvalue weighted by molar-refractivity contribution is -0.133. The van der Waals surface area contributed by atoms with Gasteiger partial charge in [-0.3, -0.25) is 9.79 Å². The number of likely N-dealkylation sites (tertiary alicyclic amines) is 1. The molecule has 5 nitrogen and oxygen atoms in total. The molecule has 3 rings (SSSR count). The molecule has 1 amide bonds. The lowest BCUT2D eigenvalue weighted by Gasteiger charge is -2.37. The van der Waals surface area contributed by atoms with Crippen LogP contribution in [-0.4, -0.2) is 49.5 Å². The summed E-state index contributed by atoms with van der Waals surface area (Å²) in [6.45, 7) is 6.47. The van der Waals surface area contributed by atoms with Gasteiger partial charge in [-0.25, -0.2) is 0 Å². The molecule has 158 valence electrons. The second-order valence-corrected chi connectivity index (χ2v) is 9.26. The summed E-state index contributed by atoms with van der Waals surface area (Å²) in [4.78, 5) is 20.1. The second kappa shape index (κ2) is 10.8. The van der Waals surface area contributed by atoms with E-state index in [0.29, 0.717) is 0 Å². The number of aliphatic imine (C=N–C) groups is 1. The van der Waals surface area contributed by atoms with E-state index in [1.807, 2.05) is 37.1 Å². The Bertz CT molecular complexity index is 641. The zero-order valence-corrected chi connectivity index (χ0v) is 20.5. The molecule has 0 bridgehead atoms. The number of nitrogens with zero attached hydrogens (tertiary/aromatic N) is 2. The first-order valence-corrected chi connectivity index (χ1v) is 11.2. The van der Waals surface area contributed by atoms with E-state index in [0.717, 1.165) is 32.0 Å². The van der Waals surface area contributed by atoms with Crippen LogP contribution in [0.15, 0.2) is 22.5 Å². The molecule has 1 saturated heterocycles. The molecule has 1 atom stereocenters. The van der Waals surface area contributed by atoms with Gasteiger partial charge in [0, 0.05) is 48.9 Å². The van der Waals surface area contributed by atoms with Crippen molar-refractivity contribution in [3.05, 3.63) is 22.4 Å². The van der Waals surface area contributed by atoms with E-state index < -0.39 is 0 Å². The van der Waals surface area contributed by atoms with Crippen LogP contribution in [0.1, 0.15) is 57.2 Å². The maximum atomic E-state index is 12.2. The smallest absolute Gasteiger partial charge is 0.225 e. The van der Waals surface area contributed by atoms with Gasteiger partial charge in [-0.2, -0.15) is 0 Å². The van der Waals surface area contributed by atoms with E-state index in [-0.39, 0.29) is 47.3 Å². The van der Waals surface area contributed by atoms with Crippen LogP contribution in [-0.2, 0) is 10.2 Å². The number of carbonyl (C=O) groups is 1. The average molecular weight is 519 g/mol. The van der Waals surface area contributed by atoms with Gasteiger partial charge in [0.2, 0.25) is 5.91 Å². The summed E-state index contributed by atoms with van der Waals surface area (Å²) < 4.78 is 0. The Morgan fingerprint density at radius 3 is 2.71 bits per heavy atom. The largest absolute Gasteiger partial charge is 0.355 e. The molecule has 1 aliphatic heterocycles. The number of guanidine groups is 1. The zero-order valence-electron chi connectivity index (χ0n) is 17.4. The number of thiophene rings is 1. The molecule has 0 radical (unpaired) electrons. The van der Waals surface area contributed by atoms with Crippen molar-refractivity contribution in [3.63, 3.8) is 0 Å². The Labute approximate surface area is 190 Å². The quantitative estimate of drug-likeness (QED) is 0.352. The highest BCUT2D eigenvalue weighted by Gasteiger charge is 2.35. The normalized spacial score (nSPS) is 22.1. The molecule has 2 heterocycles. The van der Waals surface area contributed by atoms with Crippen molar-refractivity contribution in [2.24, 2.45) is 10.9 Å². The fourth-order valence-electron chi connectivity index (χ4n) is 4.40. The van der Waals surface area contributed by atoms with Gasteiger partial charge < -0.3 is 15.5 Å². The first kappa shape index (κ1) is 23.4. The molecule has 2 N–H and O–H groups in total. The number of nitrogens with one attached hydrogen (secondary N) is 2. The van der Waals surface area contributed by atoms with Crippen molar-refractivity contribution in [2.45, 2.75) is 63.8 Å². The summed E-state index contributed by atoms with van der Waals surface area (Å²) in [7, 11) is 1.83. The summed E-state index contributed by atoms with van der Waals surface area (Å²) in [5.41, 5.74) is 0.235. The Morgan fingerprint density at radius 1 is 1.36 bits per heavy atom. The number of amides is 1. The summed E-state index contributed by atoms with van der Waals surface area (Å²) in [5, 5.41) is 9.34. The van der Waals surface area contributed by atoms with Crippen molar-refractivity contribution in [3.8, 4) is 0 Å². The van der Waals surface area contributed by atoms with Crippen LogP contribution in [0.25, 0.3) is 0 Å². The highest BCUT2D eigenvalue weighted by Crippen LogP contribution is 2.41. The van der Waals surface area contributed by atoms with Gasteiger partial charge in [-0.1, -0.05) is 39.2 Å². The first-order chi connectivity index (χ1) is 13.0. The SMILES string of the molecule is CN=C(NCC1(c2cccs2)CCCCC1)NC1CCN(C(=O)C(C)C)C1.I. The molecule has 1 saturated carbocycles. The molecular weight excluding hydrogens is 483 g/mol. The van der Waals surface area contributed by atoms with Gasteiger partial charge in [0.15, 0.2) is 5.96 Å². The minimum atomic E-state index is 0. The minimum absolute atomic E-state index is 0. The summed E-state index contributed by atoms with van der Waals surface area (Å²) >= 11 is 1.88. The summed E-state index contributed by atoms with van der Waals surface area (Å²) in [5.74, 6) is 1.18. The molecule has 28 heavy (non-hydrogen) atoms. The third-order valence-electron chi connectivity index (χ3n) is 6.01. The molecule has 0 spiro atoms. The molecule has 1 aromatic heterocycles. The van der Waals surface area contributed by atoms with E-state index in [2.05, 4.69) is 33.1 Å². The van der Waals surface area contributed by atoms with Gasteiger partial charge in [0.25, 0.3) is 0 Å². The second-order valence-electron chi connectivity index (χ2n) is 8.31. The van der Waals surface area contributed by atoms with Crippen LogP contribution in [0, 0.1) is 5.92 Å². The summed E-state index contributed by atoms with van der Waals surface area (Å²) in [6.07, 6.45) is 7.44. The van der Waals surface area contributed by atoms with Crippen molar-refractivity contribution in [1.29, 1.82) is 0 Å². The van der Waals surface area contributed by atoms with Gasteiger partial charge in [0.1, 0.15) is 0 Å². The standard InChI is InChI=1S/C21H34N4OS.HI/c1-16(2)19(26)25-12-9-17(14-25)24-20(22-3)23-15-21(10-5-4-6-11-21)18-8-7-13-27-18;/h7-8,13,16-17H,4-6,9-12,14-15H2,1-3H3,(H2,22,23,24);1H. The van der Waals surface area contributed by atoms with Crippen molar-refractivity contribution < 1.29 is 4.79 Å². The van der Waals surface area contributed by atoms with Gasteiger partial charge in [0.05, 0.1) is 0 Å². The Hall–Kier alpha value is -0.830. The molecule has 2 fully saturated rings. The lowest BCUT2D eigenvalue weighted by atomic mass is 9.73. The van der Waals surface area contributed by atoms with Crippen LogP contribution in [0.4, 0.5) is 0 Å². The van der Waals surface area contributed by atoms with E-state index in [4.69, 9.17) is 0 Å². The zero-order chi connectivity index (χ0) is 19.3. The Kier molecular flexibility index (Phi) is 9.05. The van der Waals surface area contributed by atoms with E-state index in [1.54, 1.807) is 0 Å². The average Bonchev–Trinajstić information content (AvgIpc) is 3.37. The highest BCUT2D eigenvalue weighted by atomic mass is 127. The van der Waals surface area contributed by atoms with Crippen LogP contribution in [0.3, 0.4) is 0 Å². The molecule has 7 heteroatoms. The Morgan fingerprint density at radius 2 is 2.11 bits per heavy atom. The van der Waals surface area contributed by atoms with Crippen LogP contribution in [0.5, 0.6) is 0 Å². The fraction of sp³-hybridized carbons (Fsp3) is 0.714. The van der Waals surface area contributed by atoms with Crippen molar-refractivity contribution in [1.82, 2.24) is 15.5 Å². The molecule has 0 aromatic carbocycles. The Balaban J connectivity index is 0.00000280. The molecule has 1 unspecified atom stereocenters. The number of halogens is 1.